The molecule has 1 atom stereocenters. The average molecular weight is 301 g/mol. The Morgan fingerprint density at radius 1 is 1.14 bits per heavy atom. The van der Waals surface area contributed by atoms with Crippen LogP contribution in [0.4, 0.5) is 5.69 Å². The second-order valence-electron chi connectivity index (χ2n) is 6.44. The van der Waals surface area contributed by atoms with Crippen LogP contribution in [0.2, 0.25) is 0 Å². The van der Waals surface area contributed by atoms with Gasteiger partial charge in [-0.15, -0.1) is 0 Å². The van der Waals surface area contributed by atoms with E-state index in [2.05, 4.69) is 10.6 Å². The first-order valence-corrected chi connectivity index (χ1v) is 8.04. The SMILES string of the molecule is NC(CNC(=O)Cc1ccc(NC(=O)C2CC2)cc1)C1CC1. The summed E-state index contributed by atoms with van der Waals surface area (Å²) in [6.45, 7) is 0.555. The van der Waals surface area contributed by atoms with Gasteiger partial charge < -0.3 is 16.4 Å². The van der Waals surface area contributed by atoms with Gasteiger partial charge in [0.15, 0.2) is 0 Å². The number of anilines is 1. The Balaban J connectivity index is 1.43. The van der Waals surface area contributed by atoms with E-state index >= 15 is 0 Å². The fourth-order valence-electron chi connectivity index (χ4n) is 2.47. The molecule has 0 radical (unpaired) electrons. The molecule has 0 bridgehead atoms. The molecule has 2 aliphatic carbocycles. The number of amides is 2. The summed E-state index contributed by atoms with van der Waals surface area (Å²) < 4.78 is 0. The molecule has 5 heteroatoms. The van der Waals surface area contributed by atoms with Gasteiger partial charge in [-0.1, -0.05) is 12.1 Å². The number of benzene rings is 1. The quantitative estimate of drug-likeness (QED) is 0.712. The zero-order valence-electron chi connectivity index (χ0n) is 12.7. The maximum atomic E-state index is 11.9. The van der Waals surface area contributed by atoms with Crippen LogP contribution in [-0.2, 0) is 16.0 Å². The van der Waals surface area contributed by atoms with Crippen molar-refractivity contribution >= 4 is 17.5 Å². The Morgan fingerprint density at radius 2 is 1.82 bits per heavy atom. The molecule has 5 nitrogen and oxygen atoms in total. The number of rotatable bonds is 7. The molecule has 22 heavy (non-hydrogen) atoms. The van der Waals surface area contributed by atoms with Crippen molar-refractivity contribution in [3.05, 3.63) is 29.8 Å². The predicted molar refractivity (Wildman–Crippen MR) is 85.2 cm³/mol. The molecule has 0 heterocycles. The maximum Gasteiger partial charge on any atom is 0.227 e. The third kappa shape index (κ3) is 4.31. The van der Waals surface area contributed by atoms with Crippen molar-refractivity contribution in [2.45, 2.75) is 38.1 Å². The average Bonchev–Trinajstić information content (AvgIpc) is 3.39. The molecule has 1 aromatic carbocycles. The Labute approximate surface area is 130 Å². The molecule has 1 aromatic rings. The van der Waals surface area contributed by atoms with Gasteiger partial charge in [-0.2, -0.15) is 0 Å². The highest BCUT2D eigenvalue weighted by Gasteiger charge is 2.29. The van der Waals surface area contributed by atoms with Crippen molar-refractivity contribution in [3.63, 3.8) is 0 Å². The number of carbonyl (C=O) groups is 2. The molecule has 4 N–H and O–H groups in total. The summed E-state index contributed by atoms with van der Waals surface area (Å²) in [5.74, 6) is 0.876. The largest absolute Gasteiger partial charge is 0.354 e. The minimum atomic E-state index is -0.00846. The lowest BCUT2D eigenvalue weighted by atomic mass is 10.1. The van der Waals surface area contributed by atoms with Gasteiger partial charge in [0.05, 0.1) is 6.42 Å². The lowest BCUT2D eigenvalue weighted by Crippen LogP contribution is -2.39. The summed E-state index contributed by atoms with van der Waals surface area (Å²) in [4.78, 5) is 23.5. The van der Waals surface area contributed by atoms with Crippen LogP contribution in [0.15, 0.2) is 24.3 Å². The molecule has 2 saturated carbocycles. The minimum Gasteiger partial charge on any atom is -0.354 e. The van der Waals surface area contributed by atoms with E-state index in [1.807, 2.05) is 24.3 Å². The Morgan fingerprint density at radius 3 is 2.41 bits per heavy atom. The van der Waals surface area contributed by atoms with Crippen LogP contribution >= 0.6 is 0 Å². The second kappa shape index (κ2) is 6.48. The summed E-state index contributed by atoms with van der Waals surface area (Å²) in [6, 6.07) is 7.53. The summed E-state index contributed by atoms with van der Waals surface area (Å²) in [7, 11) is 0. The van der Waals surface area contributed by atoms with Crippen molar-refractivity contribution in [2.75, 3.05) is 11.9 Å². The molecule has 0 aromatic heterocycles. The third-order valence-corrected chi connectivity index (χ3v) is 4.30. The van der Waals surface area contributed by atoms with Crippen molar-refractivity contribution in [3.8, 4) is 0 Å². The van der Waals surface area contributed by atoms with Crippen LogP contribution < -0.4 is 16.4 Å². The molecule has 0 saturated heterocycles. The van der Waals surface area contributed by atoms with Crippen molar-refractivity contribution < 1.29 is 9.59 Å². The first-order valence-electron chi connectivity index (χ1n) is 8.04. The molecule has 2 aliphatic rings. The fourth-order valence-corrected chi connectivity index (χ4v) is 2.47. The molecule has 2 amide bonds. The number of nitrogens with two attached hydrogens (primary N) is 1. The normalized spacial score (nSPS) is 18.6. The van der Waals surface area contributed by atoms with Crippen LogP contribution in [0.5, 0.6) is 0 Å². The molecule has 0 aliphatic heterocycles. The van der Waals surface area contributed by atoms with Gasteiger partial charge >= 0.3 is 0 Å². The van der Waals surface area contributed by atoms with Gasteiger partial charge in [0.1, 0.15) is 0 Å². The van der Waals surface area contributed by atoms with Crippen molar-refractivity contribution in [1.29, 1.82) is 0 Å². The summed E-state index contributed by atoms with van der Waals surface area (Å²) in [5.41, 5.74) is 7.68. The highest BCUT2D eigenvalue weighted by atomic mass is 16.2. The van der Waals surface area contributed by atoms with Crippen molar-refractivity contribution in [1.82, 2.24) is 5.32 Å². The molecule has 118 valence electrons. The van der Waals surface area contributed by atoms with E-state index in [0.717, 1.165) is 24.1 Å². The van der Waals surface area contributed by atoms with Crippen LogP contribution in [0.25, 0.3) is 0 Å². The summed E-state index contributed by atoms with van der Waals surface area (Å²) >= 11 is 0. The molecule has 2 fully saturated rings. The van der Waals surface area contributed by atoms with Crippen LogP contribution in [0, 0.1) is 11.8 Å². The highest BCUT2D eigenvalue weighted by Crippen LogP contribution is 2.31. The monoisotopic (exact) mass is 301 g/mol. The van der Waals surface area contributed by atoms with E-state index in [4.69, 9.17) is 5.73 Å². The molecule has 0 spiro atoms. The Bertz CT molecular complexity index is 548. The molecular weight excluding hydrogens is 278 g/mol. The summed E-state index contributed by atoms with van der Waals surface area (Å²) in [5, 5.41) is 5.78. The zero-order valence-corrected chi connectivity index (χ0v) is 12.7. The van der Waals surface area contributed by atoms with E-state index in [1.54, 1.807) is 0 Å². The number of hydrogen-bond acceptors (Lipinski definition) is 3. The number of hydrogen-bond donors (Lipinski definition) is 3. The van der Waals surface area contributed by atoms with Crippen molar-refractivity contribution in [2.24, 2.45) is 17.6 Å². The predicted octanol–water partition coefficient (Wildman–Crippen LogP) is 1.43. The first-order chi connectivity index (χ1) is 10.6. The van der Waals surface area contributed by atoms with E-state index in [-0.39, 0.29) is 23.8 Å². The Hall–Kier alpha value is -1.88. The zero-order chi connectivity index (χ0) is 15.5. The number of carbonyl (C=O) groups excluding carboxylic acids is 2. The van der Waals surface area contributed by atoms with E-state index in [0.29, 0.717) is 18.9 Å². The lowest BCUT2D eigenvalue weighted by molar-refractivity contribution is -0.120. The Kier molecular flexibility index (Phi) is 4.43. The standard InChI is InChI=1S/C17H23N3O2/c18-15(12-3-4-12)10-19-16(21)9-11-1-7-14(8-2-11)20-17(22)13-5-6-13/h1-2,7-8,12-13,15H,3-6,9-10,18H2,(H,19,21)(H,20,22). The van der Waals surface area contributed by atoms with Crippen LogP contribution in [-0.4, -0.2) is 24.4 Å². The summed E-state index contributed by atoms with van der Waals surface area (Å²) in [6.07, 6.45) is 4.70. The lowest BCUT2D eigenvalue weighted by Gasteiger charge is -2.11. The molecule has 1 unspecified atom stereocenters. The number of nitrogens with one attached hydrogen (secondary N) is 2. The molecule has 3 rings (SSSR count). The highest BCUT2D eigenvalue weighted by molar-refractivity contribution is 5.94. The molecular formula is C17H23N3O2. The van der Waals surface area contributed by atoms with Gasteiger partial charge in [-0.3, -0.25) is 9.59 Å². The van der Waals surface area contributed by atoms with Gasteiger partial charge in [0.25, 0.3) is 0 Å². The van der Waals surface area contributed by atoms with E-state index in [9.17, 15) is 9.59 Å². The van der Waals surface area contributed by atoms with Gasteiger partial charge in [-0.05, 0) is 49.3 Å². The van der Waals surface area contributed by atoms with Gasteiger partial charge in [-0.25, -0.2) is 0 Å². The van der Waals surface area contributed by atoms with Crippen LogP contribution in [0.3, 0.4) is 0 Å². The fraction of sp³-hybridized carbons (Fsp3) is 0.529. The smallest absolute Gasteiger partial charge is 0.227 e. The van der Waals surface area contributed by atoms with E-state index < -0.39 is 0 Å². The maximum absolute atomic E-state index is 11.9. The third-order valence-electron chi connectivity index (χ3n) is 4.30. The van der Waals surface area contributed by atoms with Gasteiger partial charge in [0, 0.05) is 24.2 Å². The van der Waals surface area contributed by atoms with Crippen LogP contribution in [0.1, 0.15) is 31.2 Å². The van der Waals surface area contributed by atoms with E-state index in [1.165, 1.54) is 12.8 Å². The van der Waals surface area contributed by atoms with Gasteiger partial charge in [0.2, 0.25) is 11.8 Å². The second-order valence-corrected chi connectivity index (χ2v) is 6.44. The topological polar surface area (TPSA) is 84.2 Å². The first kappa shape index (κ1) is 15.0. The minimum absolute atomic E-state index is 0.00846.